The van der Waals surface area contributed by atoms with E-state index in [0.717, 1.165) is 21.2 Å². The molecule has 0 bridgehead atoms. The quantitative estimate of drug-likeness (QED) is 0.172. The van der Waals surface area contributed by atoms with E-state index in [0.29, 0.717) is 11.1 Å². The van der Waals surface area contributed by atoms with Crippen molar-refractivity contribution in [3.8, 4) is 44.5 Å². The van der Waals surface area contributed by atoms with E-state index in [1.54, 1.807) is 54.6 Å². The summed E-state index contributed by atoms with van der Waals surface area (Å²) in [5, 5.41) is 1.92. The van der Waals surface area contributed by atoms with Crippen molar-refractivity contribution in [3.05, 3.63) is 200 Å². The summed E-state index contributed by atoms with van der Waals surface area (Å²) < 4.78 is 151. The number of hydrogen-bond acceptors (Lipinski definition) is 1. The number of benzene rings is 8. The zero-order valence-corrected chi connectivity index (χ0v) is 24.7. The second-order valence-corrected chi connectivity index (χ2v) is 10.5. The van der Waals surface area contributed by atoms with Crippen LogP contribution in [-0.4, -0.2) is 0 Å². The summed E-state index contributed by atoms with van der Waals surface area (Å²) in [6.45, 7) is 0. The third-order valence-corrected chi connectivity index (χ3v) is 7.55. The molecule has 0 aliphatic heterocycles. The third-order valence-electron chi connectivity index (χ3n) is 7.55. The highest BCUT2D eigenvalue weighted by molar-refractivity contribution is 5.89. The van der Waals surface area contributed by atoms with E-state index in [1.165, 1.54) is 0 Å². The van der Waals surface area contributed by atoms with Crippen LogP contribution in [0.1, 0.15) is 23.3 Å². The van der Waals surface area contributed by atoms with Crippen LogP contribution in [-0.2, 0) is 0 Å². The van der Waals surface area contributed by atoms with Crippen molar-refractivity contribution in [2.75, 3.05) is 4.90 Å². The van der Waals surface area contributed by atoms with Gasteiger partial charge in [0.2, 0.25) is 0 Å². The minimum atomic E-state index is -0.868. The molecule has 8 aromatic rings. The largest absolute Gasteiger partial charge is 0.310 e. The van der Waals surface area contributed by atoms with Gasteiger partial charge in [0.1, 0.15) is 0 Å². The number of anilines is 3. The average Bonchev–Trinajstić information content (AvgIpc) is 3.30. The van der Waals surface area contributed by atoms with Crippen molar-refractivity contribution in [2.24, 2.45) is 0 Å². The first-order valence-electron chi connectivity index (χ1n) is 23.2. The Morgan fingerprint density at radius 1 is 0.298 bits per heavy atom. The van der Waals surface area contributed by atoms with Crippen LogP contribution in [0, 0.1) is 0 Å². The van der Waals surface area contributed by atoms with Crippen molar-refractivity contribution < 1.29 is 23.3 Å². The van der Waals surface area contributed by atoms with E-state index in [9.17, 15) is 8.22 Å². The highest BCUT2D eigenvalue weighted by Gasteiger charge is 2.15. The number of fused-ring (bicyclic) bond motifs is 1. The Hall–Kier alpha value is -6.18. The number of hydrogen-bond donors (Lipinski definition) is 0. The minimum absolute atomic E-state index is 0.00507. The summed E-state index contributed by atoms with van der Waals surface area (Å²) in [5.41, 5.74) is -1.50. The molecule has 0 spiro atoms. The van der Waals surface area contributed by atoms with E-state index in [2.05, 4.69) is 0 Å². The first kappa shape index (κ1) is 15.4. The molecule has 0 radical (unpaired) electrons. The predicted molar refractivity (Wildman–Crippen MR) is 200 cm³/mol. The standard InChI is InChI=1S/C46H33N/c1-3-10-34(11-4-1)37-18-20-38(21-19-37)40-26-30-45(31-27-40)47(44-28-24-39(25-29-44)35-12-5-2-6-13-35)46-17-9-16-42(33-46)43-23-22-36-14-7-8-15-41(36)32-43/h1-33H/i1D,3D,4D,10D,11D,18D,19D,20D,21D,24D,25D,26D,27D,28D,29D,30D,31D. The normalized spacial score (nSPS) is 16.0. The molecule has 1 nitrogen and oxygen atoms in total. The van der Waals surface area contributed by atoms with Crippen molar-refractivity contribution in [3.63, 3.8) is 0 Å². The zero-order valence-electron chi connectivity index (χ0n) is 41.7. The van der Waals surface area contributed by atoms with Gasteiger partial charge in [-0.15, -0.1) is 0 Å². The number of nitrogens with zero attached hydrogens (tertiary/aromatic N) is 1. The molecule has 0 aromatic heterocycles. The topological polar surface area (TPSA) is 3.24 Å². The fourth-order valence-corrected chi connectivity index (χ4v) is 5.21. The van der Waals surface area contributed by atoms with Gasteiger partial charge >= 0.3 is 0 Å². The SMILES string of the molecule is [2H]c1c([2H])c([2H])c(-c2c([2H])c([2H])c(-c3c([2H])c([2H])c(N(c4cccc(-c5ccc6ccccc6c5)c4)c4c([2H])c([2H])c(-c5ccccc5)c([2H])c4[2H])c([2H])c3[2H])c([2H])c2[2H])c([2H])c1[2H]. The minimum Gasteiger partial charge on any atom is -0.310 e. The van der Waals surface area contributed by atoms with E-state index in [1.807, 2.05) is 42.5 Å². The molecule has 0 unspecified atom stereocenters. The molecule has 0 fully saturated rings. The van der Waals surface area contributed by atoms with E-state index in [-0.39, 0.29) is 11.3 Å². The van der Waals surface area contributed by atoms with Crippen LogP contribution in [0.4, 0.5) is 17.1 Å². The Balaban J connectivity index is 1.40. The second-order valence-electron chi connectivity index (χ2n) is 10.5. The molecule has 0 saturated heterocycles. The summed E-state index contributed by atoms with van der Waals surface area (Å²) in [5.74, 6) is 0. The van der Waals surface area contributed by atoms with Crippen LogP contribution < -0.4 is 4.90 Å². The van der Waals surface area contributed by atoms with Crippen LogP contribution in [0.5, 0.6) is 0 Å². The molecule has 0 amide bonds. The molecule has 0 N–H and O–H groups in total. The van der Waals surface area contributed by atoms with Crippen LogP contribution in [0.2, 0.25) is 0 Å². The van der Waals surface area contributed by atoms with Crippen molar-refractivity contribution >= 4 is 27.8 Å². The molecule has 0 aliphatic carbocycles. The lowest BCUT2D eigenvalue weighted by molar-refractivity contribution is 1.28. The molecule has 0 saturated carbocycles. The van der Waals surface area contributed by atoms with Gasteiger partial charge in [-0.25, -0.2) is 0 Å². The van der Waals surface area contributed by atoms with E-state index in [4.69, 9.17) is 15.1 Å². The molecule has 0 atom stereocenters. The van der Waals surface area contributed by atoms with Crippen LogP contribution in [0.25, 0.3) is 55.3 Å². The van der Waals surface area contributed by atoms with Gasteiger partial charge in [0.05, 0.1) is 23.3 Å². The molecule has 47 heavy (non-hydrogen) atoms. The first-order chi connectivity index (χ1) is 30.4. The van der Waals surface area contributed by atoms with Crippen LogP contribution in [0.3, 0.4) is 0 Å². The number of rotatable bonds is 7. The highest BCUT2D eigenvalue weighted by Crippen LogP contribution is 2.39. The van der Waals surface area contributed by atoms with Gasteiger partial charge in [-0.1, -0.05) is 157 Å². The molecular weight excluding hydrogens is 567 g/mol. The summed E-state index contributed by atoms with van der Waals surface area (Å²) in [4.78, 5) is 1.13. The summed E-state index contributed by atoms with van der Waals surface area (Å²) >= 11 is 0. The Morgan fingerprint density at radius 2 is 0.787 bits per heavy atom. The third kappa shape index (κ3) is 5.95. The monoisotopic (exact) mass is 616 g/mol. The molecule has 8 aromatic carbocycles. The second kappa shape index (κ2) is 12.7. The van der Waals surface area contributed by atoms with Crippen LogP contribution >= 0.6 is 0 Å². The Bertz CT molecular complexity index is 3140. The molecule has 222 valence electrons. The molecule has 8 rings (SSSR count). The van der Waals surface area contributed by atoms with Crippen molar-refractivity contribution in [1.29, 1.82) is 0 Å². The van der Waals surface area contributed by atoms with Gasteiger partial charge in [-0.3, -0.25) is 0 Å². The zero-order chi connectivity index (χ0) is 46.2. The average molecular weight is 617 g/mol. The van der Waals surface area contributed by atoms with Gasteiger partial charge in [0.15, 0.2) is 0 Å². The Kier molecular flexibility index (Phi) is 4.15. The predicted octanol–water partition coefficient (Wildman–Crippen LogP) is 13.0. The van der Waals surface area contributed by atoms with Gasteiger partial charge in [-0.05, 0) is 97.6 Å². The molecular formula is C46H33N. The van der Waals surface area contributed by atoms with E-state index < -0.39 is 136 Å². The lowest BCUT2D eigenvalue weighted by Gasteiger charge is -2.26. The van der Waals surface area contributed by atoms with Gasteiger partial charge in [0, 0.05) is 17.1 Å². The molecule has 0 aliphatic rings. The molecule has 0 heterocycles. The maximum atomic E-state index is 9.46. The van der Waals surface area contributed by atoms with Crippen molar-refractivity contribution in [2.45, 2.75) is 0 Å². The molecule has 1 heteroatoms. The highest BCUT2D eigenvalue weighted by atomic mass is 15.1. The fraction of sp³-hybridized carbons (Fsp3) is 0. The fourth-order valence-electron chi connectivity index (χ4n) is 5.21. The summed E-state index contributed by atoms with van der Waals surface area (Å²) in [7, 11) is 0. The lowest BCUT2D eigenvalue weighted by Crippen LogP contribution is -2.10. The summed E-state index contributed by atoms with van der Waals surface area (Å²) in [6.07, 6.45) is 0. The Morgan fingerprint density at radius 3 is 1.43 bits per heavy atom. The van der Waals surface area contributed by atoms with E-state index >= 15 is 0 Å². The first-order valence-corrected chi connectivity index (χ1v) is 14.7. The smallest absolute Gasteiger partial charge is 0.0645 e. The van der Waals surface area contributed by atoms with Gasteiger partial charge in [-0.2, -0.15) is 0 Å². The maximum Gasteiger partial charge on any atom is 0.0645 e. The summed E-state index contributed by atoms with van der Waals surface area (Å²) in [6, 6.07) is 16.1. The van der Waals surface area contributed by atoms with Gasteiger partial charge < -0.3 is 4.90 Å². The van der Waals surface area contributed by atoms with Crippen molar-refractivity contribution in [1.82, 2.24) is 0 Å². The van der Waals surface area contributed by atoms with Crippen LogP contribution in [0.15, 0.2) is 200 Å². The maximum absolute atomic E-state index is 9.46. The Labute approximate surface area is 300 Å². The van der Waals surface area contributed by atoms with Gasteiger partial charge in [0.25, 0.3) is 0 Å². The lowest BCUT2D eigenvalue weighted by atomic mass is 9.99.